The molecule has 130 valence electrons. The van der Waals surface area contributed by atoms with E-state index < -0.39 is 12.5 Å². The fraction of sp³-hybridized carbons (Fsp3) is 0.467. The number of ether oxygens (including phenoxy) is 1. The van der Waals surface area contributed by atoms with E-state index in [0.717, 1.165) is 13.1 Å². The molecular formula is C15H19ClF4N2O. The van der Waals surface area contributed by atoms with Crippen LogP contribution in [0.4, 0.5) is 17.6 Å². The van der Waals surface area contributed by atoms with E-state index in [-0.39, 0.29) is 24.2 Å². The number of nitrogens with zero attached hydrogens (tertiary/aromatic N) is 1. The molecule has 1 aliphatic rings. The predicted molar refractivity (Wildman–Crippen MR) is 82.6 cm³/mol. The van der Waals surface area contributed by atoms with Gasteiger partial charge in [-0.2, -0.15) is 17.6 Å². The number of benzene rings is 1. The Morgan fingerprint density at radius 2 is 1.83 bits per heavy atom. The topological polar surface area (TPSA) is 24.5 Å². The van der Waals surface area contributed by atoms with Crippen LogP contribution >= 0.6 is 12.4 Å². The van der Waals surface area contributed by atoms with Crippen molar-refractivity contribution in [3.63, 3.8) is 0 Å². The number of hydrogen-bond donors (Lipinski definition) is 1. The van der Waals surface area contributed by atoms with Crippen molar-refractivity contribution in [1.82, 2.24) is 10.2 Å². The Balaban J connectivity index is 0.00000264. The summed E-state index contributed by atoms with van der Waals surface area (Å²) in [5.74, 6) is -0.253. The van der Waals surface area contributed by atoms with Crippen molar-refractivity contribution in [3.8, 4) is 5.75 Å². The second kappa shape index (κ2) is 8.52. The molecule has 1 aliphatic heterocycles. The molecule has 1 fully saturated rings. The standard InChI is InChI=1S/C15H18F4N2O.ClH/c1-2-12(21-9-7-20-8-10-21)11-5-3-4-6-13(11)22-15(18,19)14(16)17;/h2-6,12,14,20H,1,7-10H2;1H/t12-;/m0./s1. The van der Waals surface area contributed by atoms with E-state index in [0.29, 0.717) is 18.7 Å². The van der Waals surface area contributed by atoms with Crippen molar-refractivity contribution in [2.45, 2.75) is 18.6 Å². The van der Waals surface area contributed by atoms with Crippen LogP contribution in [0.5, 0.6) is 5.75 Å². The molecule has 0 unspecified atom stereocenters. The van der Waals surface area contributed by atoms with Crippen LogP contribution in [-0.4, -0.2) is 43.6 Å². The van der Waals surface area contributed by atoms with Gasteiger partial charge in [-0.25, -0.2) is 0 Å². The number of piperazine rings is 1. The van der Waals surface area contributed by atoms with Gasteiger partial charge < -0.3 is 10.1 Å². The molecule has 2 rings (SSSR count). The summed E-state index contributed by atoms with van der Waals surface area (Å²) >= 11 is 0. The summed E-state index contributed by atoms with van der Waals surface area (Å²) in [5, 5.41) is 3.19. The summed E-state index contributed by atoms with van der Waals surface area (Å²) in [6.07, 6.45) is -6.80. The van der Waals surface area contributed by atoms with Crippen LogP contribution in [0, 0.1) is 0 Å². The SMILES string of the molecule is C=C[C@@H](c1ccccc1OC(F)(F)C(F)F)N1CCNCC1.Cl. The lowest BCUT2D eigenvalue weighted by atomic mass is 10.0. The molecule has 1 N–H and O–H groups in total. The molecule has 0 aromatic heterocycles. The quantitative estimate of drug-likeness (QED) is 0.625. The van der Waals surface area contributed by atoms with Crippen molar-refractivity contribution in [1.29, 1.82) is 0 Å². The van der Waals surface area contributed by atoms with Crippen molar-refractivity contribution < 1.29 is 22.3 Å². The van der Waals surface area contributed by atoms with Gasteiger partial charge in [0.2, 0.25) is 0 Å². The maximum absolute atomic E-state index is 13.2. The summed E-state index contributed by atoms with van der Waals surface area (Å²) in [6, 6.07) is 5.61. The number of nitrogens with one attached hydrogen (secondary N) is 1. The predicted octanol–water partition coefficient (Wildman–Crippen LogP) is 3.48. The molecule has 23 heavy (non-hydrogen) atoms. The van der Waals surface area contributed by atoms with Crippen molar-refractivity contribution >= 4 is 12.4 Å². The van der Waals surface area contributed by atoms with Gasteiger partial charge in [-0.15, -0.1) is 19.0 Å². The first-order chi connectivity index (χ1) is 10.5. The molecule has 1 saturated heterocycles. The molecule has 8 heteroatoms. The Morgan fingerprint density at radius 1 is 1.22 bits per heavy atom. The minimum absolute atomic E-state index is 0. The van der Waals surface area contributed by atoms with Crippen LogP contribution in [0.3, 0.4) is 0 Å². The van der Waals surface area contributed by atoms with Gasteiger partial charge in [0.1, 0.15) is 5.75 Å². The van der Waals surface area contributed by atoms with E-state index in [1.165, 1.54) is 12.1 Å². The lowest BCUT2D eigenvalue weighted by Gasteiger charge is -2.34. The molecular weight excluding hydrogens is 336 g/mol. The van der Waals surface area contributed by atoms with Gasteiger partial charge in [0.25, 0.3) is 0 Å². The normalized spacial score (nSPS) is 17.4. The maximum atomic E-state index is 13.2. The molecule has 0 saturated carbocycles. The van der Waals surface area contributed by atoms with Gasteiger partial charge in [-0.05, 0) is 6.07 Å². The van der Waals surface area contributed by atoms with Crippen LogP contribution in [0.15, 0.2) is 36.9 Å². The minimum Gasteiger partial charge on any atom is -0.428 e. The molecule has 0 spiro atoms. The third-order valence-electron chi connectivity index (χ3n) is 3.51. The summed E-state index contributed by atoms with van der Waals surface area (Å²) < 4.78 is 55.4. The highest BCUT2D eigenvalue weighted by Crippen LogP contribution is 2.35. The largest absolute Gasteiger partial charge is 0.461 e. The molecule has 0 amide bonds. The highest BCUT2D eigenvalue weighted by molar-refractivity contribution is 5.85. The first kappa shape index (κ1) is 19.7. The van der Waals surface area contributed by atoms with Crippen LogP contribution < -0.4 is 10.1 Å². The van der Waals surface area contributed by atoms with Gasteiger partial charge in [-0.3, -0.25) is 4.90 Å². The van der Waals surface area contributed by atoms with E-state index in [2.05, 4.69) is 16.6 Å². The third kappa shape index (κ3) is 4.83. The average Bonchev–Trinajstić information content (AvgIpc) is 2.50. The van der Waals surface area contributed by atoms with E-state index in [9.17, 15) is 17.6 Å². The maximum Gasteiger partial charge on any atom is 0.461 e. The van der Waals surface area contributed by atoms with E-state index in [1.807, 2.05) is 4.90 Å². The zero-order chi connectivity index (χ0) is 16.2. The van der Waals surface area contributed by atoms with Crippen LogP contribution in [0.2, 0.25) is 0 Å². The number of alkyl halides is 4. The lowest BCUT2D eigenvalue weighted by Crippen LogP contribution is -2.44. The Kier molecular flexibility index (Phi) is 7.31. The Labute approximate surface area is 138 Å². The van der Waals surface area contributed by atoms with Gasteiger partial charge in [0, 0.05) is 31.7 Å². The first-order valence-electron chi connectivity index (χ1n) is 6.97. The van der Waals surface area contributed by atoms with Crippen molar-refractivity contribution in [2.75, 3.05) is 26.2 Å². The molecule has 0 radical (unpaired) electrons. The molecule has 1 heterocycles. The molecule has 3 nitrogen and oxygen atoms in total. The highest BCUT2D eigenvalue weighted by atomic mass is 35.5. The monoisotopic (exact) mass is 354 g/mol. The zero-order valence-electron chi connectivity index (χ0n) is 12.4. The van der Waals surface area contributed by atoms with Crippen LogP contribution in [-0.2, 0) is 0 Å². The number of rotatable bonds is 6. The third-order valence-corrected chi connectivity index (χ3v) is 3.51. The zero-order valence-corrected chi connectivity index (χ0v) is 13.2. The van der Waals surface area contributed by atoms with Gasteiger partial charge >= 0.3 is 12.5 Å². The fourth-order valence-electron chi connectivity index (χ4n) is 2.44. The Hall–Kier alpha value is -1.31. The number of halogens is 5. The molecule has 0 aliphatic carbocycles. The smallest absolute Gasteiger partial charge is 0.428 e. The number of para-hydroxylation sites is 1. The van der Waals surface area contributed by atoms with Crippen LogP contribution in [0.1, 0.15) is 11.6 Å². The van der Waals surface area contributed by atoms with Crippen molar-refractivity contribution in [3.05, 3.63) is 42.5 Å². The summed E-state index contributed by atoms with van der Waals surface area (Å²) in [6.45, 7) is 6.67. The summed E-state index contributed by atoms with van der Waals surface area (Å²) in [7, 11) is 0. The van der Waals surface area contributed by atoms with E-state index >= 15 is 0 Å². The average molecular weight is 355 g/mol. The second-order valence-corrected chi connectivity index (χ2v) is 4.97. The molecule has 1 atom stereocenters. The molecule has 1 aromatic carbocycles. The second-order valence-electron chi connectivity index (χ2n) is 4.97. The first-order valence-corrected chi connectivity index (χ1v) is 6.97. The highest BCUT2D eigenvalue weighted by Gasteiger charge is 2.44. The van der Waals surface area contributed by atoms with Gasteiger partial charge in [0.15, 0.2) is 0 Å². The summed E-state index contributed by atoms with van der Waals surface area (Å²) in [4.78, 5) is 2.03. The molecule has 0 bridgehead atoms. The van der Waals surface area contributed by atoms with E-state index in [4.69, 9.17) is 0 Å². The van der Waals surface area contributed by atoms with Crippen molar-refractivity contribution in [2.24, 2.45) is 0 Å². The Bertz CT molecular complexity index is 510. The van der Waals surface area contributed by atoms with Gasteiger partial charge in [-0.1, -0.05) is 24.3 Å². The fourth-order valence-corrected chi connectivity index (χ4v) is 2.44. The molecule has 1 aromatic rings. The lowest BCUT2D eigenvalue weighted by molar-refractivity contribution is -0.253. The van der Waals surface area contributed by atoms with Gasteiger partial charge in [0.05, 0.1) is 6.04 Å². The summed E-state index contributed by atoms with van der Waals surface area (Å²) in [5.41, 5.74) is 0.403. The van der Waals surface area contributed by atoms with Crippen LogP contribution in [0.25, 0.3) is 0 Å². The Morgan fingerprint density at radius 3 is 2.39 bits per heavy atom. The minimum atomic E-state index is -4.52. The number of hydrogen-bond acceptors (Lipinski definition) is 3. The van der Waals surface area contributed by atoms with E-state index in [1.54, 1.807) is 18.2 Å².